The van der Waals surface area contributed by atoms with Crippen molar-refractivity contribution in [3.05, 3.63) is 34.9 Å². The minimum Gasteiger partial charge on any atom is -0.477 e. The SMILES string of the molecule is CON=C(C(=O)N[C@@H]1C(=O)N2C(C(=O)O)=C(CSc3ncnc4[nH]ncc34)CS[C@@H]12)c1csc(N)n1. The molecular weight excluding hydrogens is 530 g/mol. The molecule has 5 rings (SSSR count). The third-order valence-electron chi connectivity index (χ3n) is 5.29. The summed E-state index contributed by atoms with van der Waals surface area (Å²) in [6.07, 6.45) is 3.00. The number of aromatic amines is 1. The van der Waals surface area contributed by atoms with Gasteiger partial charge in [-0.25, -0.2) is 19.7 Å². The molecule has 0 radical (unpaired) electrons. The largest absolute Gasteiger partial charge is 0.477 e. The molecule has 0 saturated carbocycles. The van der Waals surface area contributed by atoms with Crippen molar-refractivity contribution >= 4 is 74.5 Å². The molecule has 186 valence electrons. The minimum absolute atomic E-state index is 0.0858. The molecule has 5 N–H and O–H groups in total. The highest BCUT2D eigenvalue weighted by atomic mass is 32.2. The number of carboxylic acid groups (broad SMARTS) is 1. The highest BCUT2D eigenvalue weighted by Crippen LogP contribution is 2.41. The maximum Gasteiger partial charge on any atom is 0.352 e. The number of nitrogens with two attached hydrogens (primary N) is 1. The van der Waals surface area contributed by atoms with Gasteiger partial charge in [-0.05, 0) is 5.57 Å². The number of β-lactam (4-membered cyclic amide) rings is 1. The van der Waals surface area contributed by atoms with Crippen molar-refractivity contribution < 1.29 is 24.3 Å². The molecule has 0 aromatic carbocycles. The first-order valence-corrected chi connectivity index (χ1v) is 13.1. The van der Waals surface area contributed by atoms with Gasteiger partial charge in [0.2, 0.25) is 0 Å². The zero-order chi connectivity index (χ0) is 25.4. The summed E-state index contributed by atoms with van der Waals surface area (Å²) < 4.78 is 0. The lowest BCUT2D eigenvalue weighted by atomic mass is 10.0. The van der Waals surface area contributed by atoms with E-state index in [0.29, 0.717) is 27.8 Å². The van der Waals surface area contributed by atoms with Crippen LogP contribution in [0.3, 0.4) is 0 Å². The molecule has 1 saturated heterocycles. The van der Waals surface area contributed by atoms with Crippen molar-refractivity contribution in [3.8, 4) is 0 Å². The van der Waals surface area contributed by atoms with Gasteiger partial charge in [-0.3, -0.25) is 19.6 Å². The van der Waals surface area contributed by atoms with E-state index in [4.69, 9.17) is 10.6 Å². The molecular formula is C19H17N9O5S3. The fourth-order valence-corrected chi connectivity index (χ4v) is 6.71. The molecule has 3 aromatic heterocycles. The molecule has 2 amide bonds. The lowest BCUT2D eigenvalue weighted by Crippen LogP contribution is -2.71. The smallest absolute Gasteiger partial charge is 0.352 e. The number of carboxylic acids is 1. The number of aliphatic carboxylic acids is 1. The van der Waals surface area contributed by atoms with Crippen LogP contribution < -0.4 is 11.1 Å². The van der Waals surface area contributed by atoms with Gasteiger partial charge >= 0.3 is 5.97 Å². The number of nitrogens with zero attached hydrogens (tertiary/aromatic N) is 6. The van der Waals surface area contributed by atoms with Crippen LogP contribution in [0.4, 0.5) is 5.13 Å². The van der Waals surface area contributed by atoms with E-state index in [-0.39, 0.29) is 22.2 Å². The summed E-state index contributed by atoms with van der Waals surface area (Å²) >= 11 is 3.82. The van der Waals surface area contributed by atoms with E-state index >= 15 is 0 Å². The molecule has 36 heavy (non-hydrogen) atoms. The number of thiazole rings is 1. The molecule has 1 fully saturated rings. The highest BCUT2D eigenvalue weighted by Gasteiger charge is 2.54. The van der Waals surface area contributed by atoms with Gasteiger partial charge in [-0.1, -0.05) is 5.16 Å². The number of aromatic nitrogens is 5. The number of oxime groups is 1. The van der Waals surface area contributed by atoms with Crippen LogP contribution >= 0.6 is 34.9 Å². The third kappa shape index (κ3) is 4.24. The number of thioether (sulfide) groups is 2. The minimum atomic E-state index is -1.22. The maximum atomic E-state index is 13.0. The van der Waals surface area contributed by atoms with Crippen LogP contribution in [0, 0.1) is 0 Å². The topological polar surface area (TPSA) is 202 Å². The summed E-state index contributed by atoms with van der Waals surface area (Å²) in [7, 11) is 1.28. The molecule has 2 atom stereocenters. The first kappa shape index (κ1) is 24.0. The second-order valence-corrected chi connectivity index (χ2v) is 10.4. The number of carbonyl (C=O) groups excluding carboxylic acids is 2. The Kier molecular flexibility index (Phi) is 6.50. The highest BCUT2D eigenvalue weighted by molar-refractivity contribution is 8.01. The Balaban J connectivity index is 1.32. The van der Waals surface area contributed by atoms with E-state index < -0.39 is 29.2 Å². The van der Waals surface area contributed by atoms with Crippen LogP contribution in [0.2, 0.25) is 0 Å². The molecule has 0 bridgehead atoms. The van der Waals surface area contributed by atoms with Gasteiger partial charge in [-0.2, -0.15) is 5.10 Å². The Morgan fingerprint density at radius 2 is 2.28 bits per heavy atom. The zero-order valence-electron chi connectivity index (χ0n) is 18.4. The van der Waals surface area contributed by atoms with E-state index in [1.807, 2.05) is 0 Å². The normalized spacial score (nSPS) is 19.8. The van der Waals surface area contributed by atoms with E-state index in [0.717, 1.165) is 16.7 Å². The molecule has 0 aliphatic carbocycles. The van der Waals surface area contributed by atoms with Crippen molar-refractivity contribution in [1.29, 1.82) is 0 Å². The first-order chi connectivity index (χ1) is 17.4. The monoisotopic (exact) mass is 547 g/mol. The molecule has 17 heteroatoms. The van der Waals surface area contributed by atoms with Gasteiger partial charge in [0.1, 0.15) is 41.3 Å². The summed E-state index contributed by atoms with van der Waals surface area (Å²) in [6, 6.07) is -0.934. The van der Waals surface area contributed by atoms with E-state index in [9.17, 15) is 19.5 Å². The van der Waals surface area contributed by atoms with E-state index in [1.54, 1.807) is 11.6 Å². The predicted molar refractivity (Wildman–Crippen MR) is 132 cm³/mol. The molecule has 0 unspecified atom stereocenters. The molecule has 3 aromatic rings. The number of amides is 2. The maximum absolute atomic E-state index is 13.0. The summed E-state index contributed by atoms with van der Waals surface area (Å²) in [5.74, 6) is -1.78. The van der Waals surface area contributed by atoms with Gasteiger partial charge in [0.25, 0.3) is 11.8 Å². The summed E-state index contributed by atoms with van der Waals surface area (Å²) in [5.41, 5.74) is 6.77. The molecule has 5 heterocycles. The Bertz CT molecular complexity index is 1430. The number of nitrogens with one attached hydrogen (secondary N) is 2. The van der Waals surface area contributed by atoms with Crippen molar-refractivity contribution in [2.45, 2.75) is 16.4 Å². The fourth-order valence-electron chi connectivity index (χ4n) is 3.71. The van der Waals surface area contributed by atoms with E-state index in [1.165, 1.54) is 41.9 Å². The number of carbonyl (C=O) groups is 3. The molecule has 2 aliphatic heterocycles. The Morgan fingerprint density at radius 1 is 1.44 bits per heavy atom. The summed E-state index contributed by atoms with van der Waals surface area (Å²) in [5, 5.41) is 25.5. The Hall–Kier alpha value is -3.70. The molecule has 14 nitrogen and oxygen atoms in total. The Morgan fingerprint density at radius 3 is 3.00 bits per heavy atom. The van der Waals surface area contributed by atoms with Gasteiger partial charge < -0.3 is 21.0 Å². The van der Waals surface area contributed by atoms with Gasteiger partial charge in [0.05, 0.1) is 11.6 Å². The van der Waals surface area contributed by atoms with Gasteiger partial charge in [-0.15, -0.1) is 34.9 Å². The van der Waals surface area contributed by atoms with Gasteiger partial charge in [0.15, 0.2) is 16.5 Å². The Labute approximate surface area is 214 Å². The van der Waals surface area contributed by atoms with Crippen molar-refractivity contribution in [3.63, 3.8) is 0 Å². The molecule has 2 aliphatic rings. The average molecular weight is 548 g/mol. The third-order valence-corrected chi connectivity index (χ3v) is 8.40. The standard InChI is InChI=1S/C19H17N9O5S3/c1-33-27-10(9-5-36-19(20)24-9)14(29)25-11-16(30)28-12(18(31)32)7(4-35-17(11)28)3-34-15-8-2-23-26-13(8)21-6-22-15/h2,5-6,11,17H,3-4H2,1H3,(H2,20,24)(H,25,29)(H,31,32)(H,21,22,23,26)/t11-,17+/m1/s1. The lowest BCUT2D eigenvalue weighted by Gasteiger charge is -2.49. The number of H-pyrrole nitrogens is 1. The van der Waals surface area contributed by atoms with Crippen LogP contribution in [0.1, 0.15) is 5.69 Å². The number of anilines is 1. The van der Waals surface area contributed by atoms with Crippen LogP contribution in [0.25, 0.3) is 11.0 Å². The zero-order valence-corrected chi connectivity index (χ0v) is 20.8. The first-order valence-electron chi connectivity index (χ1n) is 10.2. The number of nitrogen functional groups attached to an aromatic ring is 1. The lowest BCUT2D eigenvalue weighted by molar-refractivity contribution is -0.150. The van der Waals surface area contributed by atoms with Crippen molar-refractivity contribution in [2.24, 2.45) is 5.16 Å². The fraction of sp³-hybridized carbons (Fsp3) is 0.263. The van der Waals surface area contributed by atoms with Crippen LogP contribution in [-0.4, -0.2) is 88.7 Å². The van der Waals surface area contributed by atoms with Gasteiger partial charge in [0, 0.05) is 16.9 Å². The average Bonchev–Trinajstić information content (AvgIpc) is 3.52. The van der Waals surface area contributed by atoms with Crippen molar-refractivity contribution in [1.82, 2.24) is 35.4 Å². The van der Waals surface area contributed by atoms with Crippen molar-refractivity contribution in [2.75, 3.05) is 24.3 Å². The van der Waals surface area contributed by atoms with Crippen LogP contribution in [-0.2, 0) is 19.2 Å². The summed E-state index contributed by atoms with van der Waals surface area (Å²) in [6.45, 7) is 0. The number of rotatable bonds is 8. The van der Waals surface area contributed by atoms with E-state index in [2.05, 4.69) is 35.6 Å². The summed E-state index contributed by atoms with van der Waals surface area (Å²) in [4.78, 5) is 56.3. The number of hydrogen-bond donors (Lipinski definition) is 4. The van der Waals surface area contributed by atoms with Crippen LogP contribution in [0.15, 0.2) is 39.4 Å². The number of fused-ring (bicyclic) bond motifs is 2. The second kappa shape index (κ2) is 9.75. The quantitative estimate of drug-likeness (QED) is 0.0987. The predicted octanol–water partition coefficient (Wildman–Crippen LogP) is 0.273. The number of hydrogen-bond acceptors (Lipinski definition) is 13. The molecule has 0 spiro atoms. The van der Waals surface area contributed by atoms with Crippen LogP contribution in [0.5, 0.6) is 0 Å². The second-order valence-electron chi connectivity index (χ2n) is 7.41.